The third-order valence-electron chi connectivity index (χ3n) is 3.85. The Balaban J connectivity index is 1.96. The van der Waals surface area contributed by atoms with Gasteiger partial charge in [0, 0.05) is 18.3 Å². The number of aromatic nitrogens is 2. The first-order valence-corrected chi connectivity index (χ1v) is 8.16. The highest BCUT2D eigenvalue weighted by Gasteiger charge is 2.29. The molecule has 1 heterocycles. The van der Waals surface area contributed by atoms with Crippen molar-refractivity contribution in [3.05, 3.63) is 17.5 Å². The number of esters is 1. The van der Waals surface area contributed by atoms with E-state index in [1.807, 2.05) is 11.6 Å². The van der Waals surface area contributed by atoms with Crippen molar-refractivity contribution in [1.29, 1.82) is 0 Å². The van der Waals surface area contributed by atoms with E-state index < -0.39 is 0 Å². The SMILES string of the molecule is CCOC(=O)C(CCn1nc(CC)cc1CC)NC1CC1. The maximum atomic E-state index is 12.0. The average molecular weight is 293 g/mol. The second-order valence-electron chi connectivity index (χ2n) is 5.59. The van der Waals surface area contributed by atoms with Gasteiger partial charge in [-0.05, 0) is 45.1 Å². The van der Waals surface area contributed by atoms with E-state index in [1.165, 1.54) is 5.69 Å². The molecule has 2 rings (SSSR count). The molecule has 21 heavy (non-hydrogen) atoms. The lowest BCUT2D eigenvalue weighted by Crippen LogP contribution is -2.40. The molecular formula is C16H27N3O2. The van der Waals surface area contributed by atoms with Crippen LogP contribution >= 0.6 is 0 Å². The standard InChI is InChI=1S/C16H27N3O2/c1-4-12-11-14(5-2)19(18-12)10-9-15(16(20)21-6-3)17-13-7-8-13/h11,13,15,17H,4-10H2,1-3H3. The lowest BCUT2D eigenvalue weighted by atomic mass is 10.2. The molecule has 1 unspecified atom stereocenters. The normalized spacial score (nSPS) is 16.0. The van der Waals surface area contributed by atoms with Crippen LogP contribution in [0.15, 0.2) is 6.07 Å². The first kappa shape index (κ1) is 16.0. The summed E-state index contributed by atoms with van der Waals surface area (Å²) in [6.45, 7) is 7.29. The summed E-state index contributed by atoms with van der Waals surface area (Å²) in [5.74, 6) is -0.134. The van der Waals surface area contributed by atoms with Gasteiger partial charge >= 0.3 is 5.97 Å². The Morgan fingerprint density at radius 2 is 2.19 bits per heavy atom. The van der Waals surface area contributed by atoms with Crippen LogP contribution in [0, 0.1) is 0 Å². The van der Waals surface area contributed by atoms with Crippen LogP contribution < -0.4 is 5.32 Å². The van der Waals surface area contributed by atoms with E-state index in [0.29, 0.717) is 12.6 Å². The van der Waals surface area contributed by atoms with Crippen molar-refractivity contribution < 1.29 is 9.53 Å². The number of aryl methyl sites for hydroxylation is 3. The number of hydrogen-bond acceptors (Lipinski definition) is 4. The van der Waals surface area contributed by atoms with Gasteiger partial charge in [0.15, 0.2) is 0 Å². The van der Waals surface area contributed by atoms with Crippen molar-refractivity contribution in [2.75, 3.05) is 6.61 Å². The van der Waals surface area contributed by atoms with Crippen molar-refractivity contribution in [2.24, 2.45) is 0 Å². The minimum absolute atomic E-state index is 0.134. The molecule has 0 saturated heterocycles. The van der Waals surface area contributed by atoms with Crippen LogP contribution in [0.5, 0.6) is 0 Å². The number of nitrogens with one attached hydrogen (secondary N) is 1. The Bertz CT molecular complexity index is 466. The maximum absolute atomic E-state index is 12.0. The van der Waals surface area contributed by atoms with E-state index in [-0.39, 0.29) is 12.0 Å². The third-order valence-corrected chi connectivity index (χ3v) is 3.85. The van der Waals surface area contributed by atoms with E-state index in [4.69, 9.17) is 4.74 Å². The van der Waals surface area contributed by atoms with E-state index in [1.54, 1.807) is 0 Å². The number of ether oxygens (including phenoxy) is 1. The fourth-order valence-electron chi connectivity index (χ4n) is 2.46. The fraction of sp³-hybridized carbons (Fsp3) is 0.750. The van der Waals surface area contributed by atoms with Crippen molar-refractivity contribution in [2.45, 2.75) is 71.5 Å². The summed E-state index contributed by atoms with van der Waals surface area (Å²) >= 11 is 0. The van der Waals surface area contributed by atoms with Crippen LogP contribution in [0.1, 0.15) is 51.4 Å². The topological polar surface area (TPSA) is 56.2 Å². The first-order valence-electron chi connectivity index (χ1n) is 8.16. The smallest absolute Gasteiger partial charge is 0.323 e. The molecule has 1 aromatic rings. The summed E-state index contributed by atoms with van der Waals surface area (Å²) < 4.78 is 7.21. The van der Waals surface area contributed by atoms with Gasteiger partial charge in [0.05, 0.1) is 12.3 Å². The lowest BCUT2D eigenvalue weighted by molar-refractivity contribution is -0.146. The predicted octanol–water partition coefficient (Wildman–Crippen LogP) is 2.08. The van der Waals surface area contributed by atoms with Gasteiger partial charge in [-0.3, -0.25) is 9.48 Å². The first-order chi connectivity index (χ1) is 10.2. The second kappa shape index (κ2) is 7.59. The molecule has 1 N–H and O–H groups in total. The number of hydrogen-bond donors (Lipinski definition) is 1. The molecule has 1 atom stereocenters. The molecule has 0 spiro atoms. The quantitative estimate of drug-likeness (QED) is 0.708. The van der Waals surface area contributed by atoms with E-state index in [9.17, 15) is 4.79 Å². The molecule has 1 saturated carbocycles. The largest absolute Gasteiger partial charge is 0.465 e. The zero-order valence-corrected chi connectivity index (χ0v) is 13.4. The Kier molecular flexibility index (Phi) is 5.79. The van der Waals surface area contributed by atoms with Gasteiger partial charge in [0.2, 0.25) is 0 Å². The highest BCUT2D eigenvalue weighted by atomic mass is 16.5. The van der Waals surface area contributed by atoms with Crippen molar-refractivity contribution in [3.63, 3.8) is 0 Å². The summed E-state index contributed by atoms with van der Waals surface area (Å²) in [6, 6.07) is 2.44. The van der Waals surface area contributed by atoms with Crippen LogP contribution in [0.25, 0.3) is 0 Å². The lowest BCUT2D eigenvalue weighted by Gasteiger charge is -2.17. The minimum atomic E-state index is -0.212. The zero-order valence-electron chi connectivity index (χ0n) is 13.4. The average Bonchev–Trinajstić information content (AvgIpc) is 3.21. The fourth-order valence-corrected chi connectivity index (χ4v) is 2.46. The number of rotatable bonds is 9. The minimum Gasteiger partial charge on any atom is -0.465 e. The van der Waals surface area contributed by atoms with Crippen molar-refractivity contribution in [3.8, 4) is 0 Å². The molecule has 0 bridgehead atoms. The number of carbonyl (C=O) groups excluding carboxylic acids is 1. The molecule has 5 nitrogen and oxygen atoms in total. The molecule has 5 heteroatoms. The highest BCUT2D eigenvalue weighted by molar-refractivity contribution is 5.75. The molecule has 1 aromatic heterocycles. The van der Waals surface area contributed by atoms with E-state index >= 15 is 0 Å². The molecule has 1 fully saturated rings. The number of carbonyl (C=O) groups is 1. The Morgan fingerprint density at radius 3 is 2.76 bits per heavy atom. The van der Waals surface area contributed by atoms with Crippen molar-refractivity contribution >= 4 is 5.97 Å². The van der Waals surface area contributed by atoms with Crippen LogP contribution in [0.3, 0.4) is 0 Å². The highest BCUT2D eigenvalue weighted by Crippen LogP contribution is 2.20. The molecule has 0 aromatic carbocycles. The maximum Gasteiger partial charge on any atom is 0.323 e. The van der Waals surface area contributed by atoms with Gasteiger partial charge in [0.25, 0.3) is 0 Å². The molecule has 118 valence electrons. The summed E-state index contributed by atoms with van der Waals surface area (Å²) in [5, 5.41) is 8.00. The van der Waals surface area contributed by atoms with Gasteiger partial charge in [-0.2, -0.15) is 5.10 Å². The van der Waals surface area contributed by atoms with Crippen LogP contribution in [-0.4, -0.2) is 34.4 Å². The third kappa shape index (κ3) is 4.56. The predicted molar refractivity (Wildman–Crippen MR) is 82.2 cm³/mol. The molecule has 0 amide bonds. The Morgan fingerprint density at radius 1 is 1.43 bits per heavy atom. The molecule has 0 aliphatic heterocycles. The van der Waals surface area contributed by atoms with Gasteiger partial charge in [-0.25, -0.2) is 0 Å². The molecular weight excluding hydrogens is 266 g/mol. The Hall–Kier alpha value is -1.36. The zero-order chi connectivity index (χ0) is 15.2. The summed E-state index contributed by atoms with van der Waals surface area (Å²) in [6.07, 6.45) is 4.97. The van der Waals surface area contributed by atoms with E-state index in [2.05, 4.69) is 30.3 Å². The second-order valence-corrected chi connectivity index (χ2v) is 5.59. The van der Waals surface area contributed by atoms with Gasteiger partial charge in [-0.15, -0.1) is 0 Å². The monoisotopic (exact) mass is 293 g/mol. The van der Waals surface area contributed by atoms with Crippen LogP contribution in [0.4, 0.5) is 0 Å². The molecule has 0 radical (unpaired) electrons. The van der Waals surface area contributed by atoms with Gasteiger partial charge < -0.3 is 10.1 Å². The summed E-state index contributed by atoms with van der Waals surface area (Å²) in [4.78, 5) is 12.0. The summed E-state index contributed by atoms with van der Waals surface area (Å²) in [5.41, 5.74) is 2.36. The van der Waals surface area contributed by atoms with Gasteiger partial charge in [0.1, 0.15) is 6.04 Å². The van der Waals surface area contributed by atoms with Crippen LogP contribution in [-0.2, 0) is 28.9 Å². The van der Waals surface area contributed by atoms with Crippen molar-refractivity contribution in [1.82, 2.24) is 15.1 Å². The van der Waals surface area contributed by atoms with Crippen LogP contribution in [0.2, 0.25) is 0 Å². The summed E-state index contributed by atoms with van der Waals surface area (Å²) in [7, 11) is 0. The van der Waals surface area contributed by atoms with E-state index in [0.717, 1.165) is 44.3 Å². The number of nitrogens with zero attached hydrogens (tertiary/aromatic N) is 2. The van der Waals surface area contributed by atoms with Gasteiger partial charge in [-0.1, -0.05) is 13.8 Å². The molecule has 1 aliphatic carbocycles. The molecule has 1 aliphatic rings. The Labute approximate surface area is 127 Å².